The molecule has 3 N–H and O–H groups in total. The first-order valence-electron chi connectivity index (χ1n) is 9.69. The van der Waals surface area contributed by atoms with E-state index in [1.807, 2.05) is 19.2 Å². The summed E-state index contributed by atoms with van der Waals surface area (Å²) in [5, 5.41) is 6.89. The Labute approximate surface area is 169 Å². The molecule has 3 heterocycles. The Bertz CT molecular complexity index is 986. The fourth-order valence-electron chi connectivity index (χ4n) is 4.33. The van der Waals surface area contributed by atoms with Crippen LogP contribution in [0.5, 0.6) is 0 Å². The number of amides is 5. The van der Waals surface area contributed by atoms with Crippen LogP contribution in [-0.4, -0.2) is 76.7 Å². The minimum Gasteiger partial charge on any atom is -0.361 e. The minimum absolute atomic E-state index is 0.101. The minimum atomic E-state index is -0.488. The third kappa shape index (κ3) is 3.16. The number of likely N-dealkylation sites (N-methyl/N-ethyl adjacent to an activating group) is 2. The first kappa shape index (κ1) is 19.1. The topological polar surface area (TPSA) is 101 Å². The van der Waals surface area contributed by atoms with E-state index in [4.69, 9.17) is 0 Å². The van der Waals surface area contributed by atoms with Gasteiger partial charge in [-0.15, -0.1) is 0 Å². The number of para-hydroxylation sites is 1. The maximum atomic E-state index is 12.6. The molecule has 2 fully saturated rings. The third-order valence-electron chi connectivity index (χ3n) is 5.81. The number of aromatic nitrogens is 1. The number of carbonyl (C=O) groups excluding carboxylic acids is 3. The molecule has 1 aromatic carbocycles. The Hall–Kier alpha value is -3.23. The highest BCUT2D eigenvalue weighted by atomic mass is 16.2. The monoisotopic (exact) mass is 398 g/mol. The molecule has 0 spiro atoms. The predicted molar refractivity (Wildman–Crippen MR) is 108 cm³/mol. The Morgan fingerprint density at radius 3 is 2.76 bits per heavy atom. The van der Waals surface area contributed by atoms with Crippen molar-refractivity contribution >= 4 is 28.9 Å². The SMILES string of the molecule is Cc1cccc2c(C[C@H](C)NC(=O)CN3C(=O)N[C@H]4[C@H]3N(C)C(=O)N4C)c[nH]c12. The fourth-order valence-corrected chi connectivity index (χ4v) is 4.33. The number of aromatic amines is 1. The summed E-state index contributed by atoms with van der Waals surface area (Å²) in [5.74, 6) is -0.250. The highest BCUT2D eigenvalue weighted by Crippen LogP contribution is 2.26. The van der Waals surface area contributed by atoms with Gasteiger partial charge in [0, 0.05) is 37.2 Å². The number of rotatable bonds is 5. The van der Waals surface area contributed by atoms with E-state index < -0.39 is 12.3 Å². The van der Waals surface area contributed by atoms with Crippen molar-refractivity contribution in [2.45, 2.75) is 38.6 Å². The predicted octanol–water partition coefficient (Wildman–Crippen LogP) is 1.20. The molecule has 2 aliphatic rings. The standard InChI is InChI=1S/C20H26N6O3/c1-11-6-5-7-14-13(9-21-16(11)14)8-12(2)22-15(27)10-26-18-17(23-19(26)28)24(3)20(29)25(18)4/h5-7,9,12,17-18,21H,8,10H2,1-4H3,(H,22,27)(H,23,28)/t12-,17+,18-/m0/s1. The second-order valence-corrected chi connectivity index (χ2v) is 7.92. The van der Waals surface area contributed by atoms with Crippen molar-refractivity contribution in [1.82, 2.24) is 30.3 Å². The summed E-state index contributed by atoms with van der Waals surface area (Å²) in [4.78, 5) is 44.7. The van der Waals surface area contributed by atoms with E-state index in [-0.39, 0.29) is 30.6 Å². The molecule has 0 saturated carbocycles. The van der Waals surface area contributed by atoms with Crippen molar-refractivity contribution in [2.75, 3.05) is 20.6 Å². The van der Waals surface area contributed by atoms with Crippen molar-refractivity contribution in [3.8, 4) is 0 Å². The molecule has 3 atom stereocenters. The van der Waals surface area contributed by atoms with Gasteiger partial charge in [0.05, 0.1) is 0 Å². The Morgan fingerprint density at radius 1 is 1.24 bits per heavy atom. The number of hydrogen-bond acceptors (Lipinski definition) is 3. The van der Waals surface area contributed by atoms with Crippen molar-refractivity contribution in [3.05, 3.63) is 35.5 Å². The molecule has 0 unspecified atom stereocenters. The van der Waals surface area contributed by atoms with E-state index in [2.05, 4.69) is 34.7 Å². The fraction of sp³-hybridized carbons (Fsp3) is 0.450. The molecule has 2 saturated heterocycles. The lowest BCUT2D eigenvalue weighted by Gasteiger charge is -2.26. The summed E-state index contributed by atoms with van der Waals surface area (Å²) in [6.45, 7) is 3.90. The van der Waals surface area contributed by atoms with Gasteiger partial charge in [0.1, 0.15) is 18.9 Å². The van der Waals surface area contributed by atoms with Crippen LogP contribution in [0.25, 0.3) is 10.9 Å². The Kier molecular flexibility index (Phi) is 4.60. The number of carbonyl (C=O) groups is 3. The molecule has 0 radical (unpaired) electrons. The van der Waals surface area contributed by atoms with Gasteiger partial charge in [0.25, 0.3) is 0 Å². The van der Waals surface area contributed by atoms with Gasteiger partial charge in [-0.3, -0.25) is 9.69 Å². The van der Waals surface area contributed by atoms with Gasteiger partial charge in [0.15, 0.2) is 0 Å². The van der Waals surface area contributed by atoms with Gasteiger partial charge in [-0.05, 0) is 31.4 Å². The summed E-state index contributed by atoms with van der Waals surface area (Å²) >= 11 is 0. The first-order valence-corrected chi connectivity index (χ1v) is 9.69. The number of hydrogen-bond donors (Lipinski definition) is 3. The molecular formula is C20H26N6O3. The first-order chi connectivity index (χ1) is 13.8. The van der Waals surface area contributed by atoms with Crippen LogP contribution in [0.4, 0.5) is 9.59 Å². The number of aryl methyl sites for hydroxylation is 1. The molecule has 9 nitrogen and oxygen atoms in total. The van der Waals surface area contributed by atoms with E-state index >= 15 is 0 Å². The molecule has 0 bridgehead atoms. The van der Waals surface area contributed by atoms with Gasteiger partial charge in [-0.1, -0.05) is 18.2 Å². The lowest BCUT2D eigenvalue weighted by Crippen LogP contribution is -2.49. The summed E-state index contributed by atoms with van der Waals surface area (Å²) < 4.78 is 0. The number of fused-ring (bicyclic) bond motifs is 2. The van der Waals surface area contributed by atoms with E-state index in [1.165, 1.54) is 20.3 Å². The van der Waals surface area contributed by atoms with Crippen LogP contribution in [-0.2, 0) is 11.2 Å². The number of nitrogens with zero attached hydrogens (tertiary/aromatic N) is 3. The Balaban J connectivity index is 1.40. The van der Waals surface area contributed by atoms with Crippen LogP contribution in [0.1, 0.15) is 18.1 Å². The summed E-state index contributed by atoms with van der Waals surface area (Å²) in [6, 6.07) is 5.52. The zero-order valence-corrected chi connectivity index (χ0v) is 17.0. The molecule has 1 aromatic heterocycles. The lowest BCUT2D eigenvalue weighted by atomic mass is 10.0. The van der Waals surface area contributed by atoms with Gasteiger partial charge >= 0.3 is 12.1 Å². The van der Waals surface area contributed by atoms with Gasteiger partial charge in [-0.25, -0.2) is 9.59 Å². The second kappa shape index (κ2) is 6.98. The van der Waals surface area contributed by atoms with E-state index in [9.17, 15) is 14.4 Å². The van der Waals surface area contributed by atoms with Crippen molar-refractivity contribution < 1.29 is 14.4 Å². The summed E-state index contributed by atoms with van der Waals surface area (Å²) in [6.07, 6.45) is 1.72. The molecule has 2 aliphatic heterocycles. The lowest BCUT2D eigenvalue weighted by molar-refractivity contribution is -0.122. The van der Waals surface area contributed by atoms with Crippen LogP contribution in [0.2, 0.25) is 0 Å². The van der Waals surface area contributed by atoms with Crippen molar-refractivity contribution in [1.29, 1.82) is 0 Å². The second-order valence-electron chi connectivity index (χ2n) is 7.92. The highest BCUT2D eigenvalue weighted by Gasteiger charge is 2.52. The number of nitrogens with one attached hydrogen (secondary N) is 3. The van der Waals surface area contributed by atoms with Crippen LogP contribution < -0.4 is 10.6 Å². The highest BCUT2D eigenvalue weighted by molar-refractivity contribution is 5.89. The van der Waals surface area contributed by atoms with Crippen molar-refractivity contribution in [3.63, 3.8) is 0 Å². The van der Waals surface area contributed by atoms with Crippen LogP contribution >= 0.6 is 0 Å². The largest absolute Gasteiger partial charge is 0.361 e. The van der Waals surface area contributed by atoms with E-state index in [0.717, 1.165) is 16.5 Å². The van der Waals surface area contributed by atoms with Crippen molar-refractivity contribution in [2.24, 2.45) is 0 Å². The maximum Gasteiger partial charge on any atom is 0.323 e. The van der Waals surface area contributed by atoms with Gasteiger partial charge in [0.2, 0.25) is 5.91 Å². The average Bonchev–Trinajstić information content (AvgIpc) is 3.28. The molecule has 29 heavy (non-hydrogen) atoms. The molecule has 5 amide bonds. The number of H-pyrrole nitrogens is 1. The van der Waals surface area contributed by atoms with Crippen LogP contribution in [0.3, 0.4) is 0 Å². The normalized spacial score (nSPS) is 22.3. The number of benzene rings is 1. The quantitative estimate of drug-likeness (QED) is 0.705. The smallest absolute Gasteiger partial charge is 0.323 e. The molecule has 154 valence electrons. The van der Waals surface area contributed by atoms with Gasteiger partial charge < -0.3 is 25.4 Å². The van der Waals surface area contributed by atoms with Crippen LogP contribution in [0, 0.1) is 6.92 Å². The number of urea groups is 2. The molecule has 0 aliphatic carbocycles. The van der Waals surface area contributed by atoms with E-state index in [0.29, 0.717) is 6.42 Å². The molecule has 9 heteroatoms. The third-order valence-corrected chi connectivity index (χ3v) is 5.81. The molecular weight excluding hydrogens is 372 g/mol. The van der Waals surface area contributed by atoms with E-state index in [1.54, 1.807) is 14.1 Å². The summed E-state index contributed by atoms with van der Waals surface area (Å²) in [7, 11) is 3.27. The molecule has 2 aromatic rings. The molecule has 4 rings (SSSR count). The maximum absolute atomic E-state index is 12.6. The zero-order chi connectivity index (χ0) is 20.9. The average molecular weight is 398 g/mol. The van der Waals surface area contributed by atoms with Gasteiger partial charge in [-0.2, -0.15) is 0 Å². The zero-order valence-electron chi connectivity index (χ0n) is 17.0. The van der Waals surface area contributed by atoms with Crippen LogP contribution in [0.15, 0.2) is 24.4 Å². The summed E-state index contributed by atoms with van der Waals surface area (Å²) in [5.41, 5.74) is 3.43. The Morgan fingerprint density at radius 2 is 2.00 bits per heavy atom.